The van der Waals surface area contributed by atoms with Crippen LogP contribution in [0.15, 0.2) is 77.9 Å². The molecule has 152 valence electrons. The van der Waals surface area contributed by atoms with E-state index in [4.69, 9.17) is 14.2 Å². The number of carbonyl (C=O) groups excluding carboxylic acids is 2. The van der Waals surface area contributed by atoms with Crippen LogP contribution in [-0.4, -0.2) is 32.3 Å². The van der Waals surface area contributed by atoms with E-state index in [9.17, 15) is 9.59 Å². The highest BCUT2D eigenvalue weighted by Crippen LogP contribution is 2.28. The molecule has 0 aliphatic heterocycles. The van der Waals surface area contributed by atoms with Crippen LogP contribution in [0, 0.1) is 0 Å². The molecule has 0 heterocycles. The largest absolute Gasteiger partial charge is 0.497 e. The molecule has 0 radical (unpaired) electrons. The predicted octanol–water partition coefficient (Wildman–Crippen LogP) is 3.69. The molecule has 7 heteroatoms. The number of amides is 1. The van der Waals surface area contributed by atoms with Crippen molar-refractivity contribution in [1.29, 1.82) is 0 Å². The Hall–Kier alpha value is -4.13. The van der Waals surface area contributed by atoms with Gasteiger partial charge in [0.15, 0.2) is 11.5 Å². The van der Waals surface area contributed by atoms with E-state index in [0.29, 0.717) is 28.2 Å². The van der Waals surface area contributed by atoms with Gasteiger partial charge in [0.1, 0.15) is 5.75 Å². The number of hydrogen-bond acceptors (Lipinski definition) is 6. The summed E-state index contributed by atoms with van der Waals surface area (Å²) in [6.07, 6.45) is 1.47. The van der Waals surface area contributed by atoms with E-state index in [0.717, 1.165) is 0 Å². The Kier molecular flexibility index (Phi) is 6.78. The zero-order valence-corrected chi connectivity index (χ0v) is 16.5. The molecule has 3 rings (SSSR count). The number of nitrogens with one attached hydrogen (secondary N) is 1. The van der Waals surface area contributed by atoms with Crippen molar-refractivity contribution in [2.45, 2.75) is 0 Å². The third-order valence-corrected chi connectivity index (χ3v) is 4.13. The average molecular weight is 404 g/mol. The van der Waals surface area contributed by atoms with Gasteiger partial charge in [-0.25, -0.2) is 10.2 Å². The van der Waals surface area contributed by atoms with Crippen molar-refractivity contribution in [3.63, 3.8) is 0 Å². The molecule has 0 bridgehead atoms. The molecule has 0 aliphatic rings. The van der Waals surface area contributed by atoms with Crippen molar-refractivity contribution in [3.05, 3.63) is 89.5 Å². The number of carbonyl (C=O) groups is 2. The molecule has 3 aromatic carbocycles. The fourth-order valence-corrected chi connectivity index (χ4v) is 2.55. The SMILES string of the molecule is COc1ccc(C(=O)NN=Cc2ccc(OC(=O)c3ccccc3)c(OC)c2)cc1. The average Bonchev–Trinajstić information content (AvgIpc) is 2.80. The van der Waals surface area contributed by atoms with Crippen molar-refractivity contribution in [2.24, 2.45) is 5.10 Å². The van der Waals surface area contributed by atoms with Gasteiger partial charge in [0, 0.05) is 5.56 Å². The number of methoxy groups -OCH3 is 2. The molecule has 1 amide bonds. The van der Waals surface area contributed by atoms with Crippen LogP contribution in [0.25, 0.3) is 0 Å². The molecular formula is C23H20N2O5. The van der Waals surface area contributed by atoms with Gasteiger partial charge >= 0.3 is 5.97 Å². The van der Waals surface area contributed by atoms with E-state index in [2.05, 4.69) is 10.5 Å². The highest BCUT2D eigenvalue weighted by atomic mass is 16.6. The minimum Gasteiger partial charge on any atom is -0.497 e. The van der Waals surface area contributed by atoms with E-state index in [1.165, 1.54) is 13.3 Å². The van der Waals surface area contributed by atoms with Crippen LogP contribution in [0.4, 0.5) is 0 Å². The predicted molar refractivity (Wildman–Crippen MR) is 112 cm³/mol. The molecule has 1 N–H and O–H groups in total. The standard InChI is InChI=1S/C23H20N2O5/c1-28-19-11-9-17(10-12-19)22(26)25-24-15-16-8-13-20(21(14-16)29-2)30-23(27)18-6-4-3-5-7-18/h3-15H,1-2H3,(H,25,26). The molecule has 0 fully saturated rings. The van der Waals surface area contributed by atoms with Crippen LogP contribution < -0.4 is 19.6 Å². The quantitative estimate of drug-likeness (QED) is 0.281. The third kappa shape index (κ3) is 5.23. The van der Waals surface area contributed by atoms with Crippen LogP contribution in [0.3, 0.4) is 0 Å². The van der Waals surface area contributed by atoms with Gasteiger partial charge in [0.2, 0.25) is 0 Å². The first-order valence-electron chi connectivity index (χ1n) is 9.03. The van der Waals surface area contributed by atoms with E-state index in [-0.39, 0.29) is 11.7 Å². The minimum absolute atomic E-state index is 0.283. The highest BCUT2D eigenvalue weighted by Gasteiger charge is 2.12. The second-order valence-electron chi connectivity index (χ2n) is 6.09. The molecule has 0 aliphatic carbocycles. The van der Waals surface area contributed by atoms with Crippen LogP contribution in [0.1, 0.15) is 26.3 Å². The molecule has 3 aromatic rings. The zero-order valence-electron chi connectivity index (χ0n) is 16.5. The Morgan fingerprint density at radius 3 is 2.23 bits per heavy atom. The molecule has 30 heavy (non-hydrogen) atoms. The van der Waals surface area contributed by atoms with Crippen LogP contribution >= 0.6 is 0 Å². The first-order chi connectivity index (χ1) is 14.6. The first-order valence-corrected chi connectivity index (χ1v) is 9.03. The summed E-state index contributed by atoms with van der Waals surface area (Å²) in [6, 6.07) is 20.3. The summed E-state index contributed by atoms with van der Waals surface area (Å²) >= 11 is 0. The van der Waals surface area contributed by atoms with Gasteiger partial charge in [-0.05, 0) is 60.2 Å². The lowest BCUT2D eigenvalue weighted by atomic mass is 10.2. The molecule has 0 saturated heterocycles. The molecule has 0 atom stereocenters. The second-order valence-corrected chi connectivity index (χ2v) is 6.09. The smallest absolute Gasteiger partial charge is 0.343 e. The number of nitrogens with zero attached hydrogens (tertiary/aromatic N) is 1. The molecule has 0 spiro atoms. The number of hydrogen-bond donors (Lipinski definition) is 1. The van der Waals surface area contributed by atoms with E-state index in [1.807, 2.05) is 6.07 Å². The van der Waals surface area contributed by atoms with Crippen molar-refractivity contribution < 1.29 is 23.8 Å². The zero-order chi connectivity index (χ0) is 21.3. The lowest BCUT2D eigenvalue weighted by Crippen LogP contribution is -2.17. The Morgan fingerprint density at radius 1 is 0.833 bits per heavy atom. The van der Waals surface area contributed by atoms with Gasteiger partial charge in [-0.2, -0.15) is 5.10 Å². The first kappa shape index (κ1) is 20.6. The van der Waals surface area contributed by atoms with Crippen molar-refractivity contribution >= 4 is 18.1 Å². The van der Waals surface area contributed by atoms with E-state index >= 15 is 0 Å². The Labute approximate surface area is 173 Å². The van der Waals surface area contributed by atoms with Crippen LogP contribution in [-0.2, 0) is 0 Å². The van der Waals surface area contributed by atoms with Crippen LogP contribution in [0.5, 0.6) is 17.2 Å². The summed E-state index contributed by atoms with van der Waals surface area (Å²) in [7, 11) is 3.03. The Balaban J connectivity index is 1.65. The third-order valence-electron chi connectivity index (χ3n) is 4.13. The number of benzene rings is 3. The van der Waals surface area contributed by atoms with E-state index < -0.39 is 5.97 Å². The summed E-state index contributed by atoms with van der Waals surface area (Å²) in [4.78, 5) is 24.3. The summed E-state index contributed by atoms with van der Waals surface area (Å²) < 4.78 is 15.8. The lowest BCUT2D eigenvalue weighted by molar-refractivity contribution is 0.0729. The monoisotopic (exact) mass is 404 g/mol. The molecule has 7 nitrogen and oxygen atoms in total. The maximum absolute atomic E-state index is 12.2. The van der Waals surface area contributed by atoms with Crippen molar-refractivity contribution in [3.8, 4) is 17.2 Å². The minimum atomic E-state index is -0.484. The molecule has 0 aromatic heterocycles. The summed E-state index contributed by atoms with van der Waals surface area (Å²) in [6.45, 7) is 0. The number of ether oxygens (including phenoxy) is 3. The summed E-state index contributed by atoms with van der Waals surface area (Å²) in [5, 5.41) is 3.95. The van der Waals surface area contributed by atoms with Gasteiger partial charge in [0.05, 0.1) is 26.0 Å². The van der Waals surface area contributed by atoms with Crippen molar-refractivity contribution in [2.75, 3.05) is 14.2 Å². The second kappa shape index (κ2) is 9.88. The van der Waals surface area contributed by atoms with Gasteiger partial charge in [-0.3, -0.25) is 4.79 Å². The molecular weight excluding hydrogens is 384 g/mol. The van der Waals surface area contributed by atoms with Gasteiger partial charge < -0.3 is 14.2 Å². The Morgan fingerprint density at radius 2 is 1.57 bits per heavy atom. The van der Waals surface area contributed by atoms with E-state index in [1.54, 1.807) is 73.8 Å². The van der Waals surface area contributed by atoms with Gasteiger partial charge in [-0.15, -0.1) is 0 Å². The summed E-state index contributed by atoms with van der Waals surface area (Å²) in [5.74, 6) is 0.474. The number of esters is 1. The van der Waals surface area contributed by atoms with Crippen molar-refractivity contribution in [1.82, 2.24) is 5.43 Å². The number of rotatable bonds is 7. The Bertz CT molecular complexity index is 1050. The summed E-state index contributed by atoms with van der Waals surface area (Å²) in [5.41, 5.74) is 4.00. The van der Waals surface area contributed by atoms with Crippen LogP contribution in [0.2, 0.25) is 0 Å². The number of hydrazone groups is 1. The molecule has 0 saturated carbocycles. The highest BCUT2D eigenvalue weighted by molar-refractivity contribution is 5.95. The molecule has 0 unspecified atom stereocenters. The maximum atomic E-state index is 12.2. The normalized spacial score (nSPS) is 10.5. The fraction of sp³-hybridized carbons (Fsp3) is 0.0870. The van der Waals surface area contributed by atoms with Gasteiger partial charge in [-0.1, -0.05) is 18.2 Å². The maximum Gasteiger partial charge on any atom is 0.343 e. The topological polar surface area (TPSA) is 86.2 Å². The van der Waals surface area contributed by atoms with Gasteiger partial charge in [0.25, 0.3) is 5.91 Å². The fourth-order valence-electron chi connectivity index (χ4n) is 2.55. The lowest BCUT2D eigenvalue weighted by Gasteiger charge is -2.10.